The van der Waals surface area contributed by atoms with Crippen molar-refractivity contribution in [1.29, 1.82) is 0 Å². The normalized spacial score (nSPS) is 10.7. The fourth-order valence-electron chi connectivity index (χ4n) is 2.07. The molecule has 3 aromatic rings. The maximum atomic E-state index is 13.0. The Morgan fingerprint density at radius 1 is 1.10 bits per heavy atom. The number of hydrogen-bond acceptors (Lipinski definition) is 2. The highest BCUT2D eigenvalue weighted by atomic mass is 35.5. The molecule has 20 heavy (non-hydrogen) atoms. The van der Waals surface area contributed by atoms with E-state index in [4.69, 9.17) is 11.6 Å². The van der Waals surface area contributed by atoms with E-state index in [1.54, 1.807) is 12.3 Å². The van der Waals surface area contributed by atoms with Gasteiger partial charge in [0.1, 0.15) is 5.82 Å². The van der Waals surface area contributed by atoms with Crippen molar-refractivity contribution in [3.05, 3.63) is 71.1 Å². The van der Waals surface area contributed by atoms with Gasteiger partial charge in [0.2, 0.25) is 0 Å². The predicted molar refractivity (Wildman–Crippen MR) is 80.5 cm³/mol. The van der Waals surface area contributed by atoms with Crippen molar-refractivity contribution < 1.29 is 4.39 Å². The number of pyridine rings is 1. The zero-order valence-corrected chi connectivity index (χ0v) is 11.4. The van der Waals surface area contributed by atoms with Crippen molar-refractivity contribution in [3.63, 3.8) is 0 Å². The van der Waals surface area contributed by atoms with E-state index in [0.29, 0.717) is 11.6 Å². The summed E-state index contributed by atoms with van der Waals surface area (Å²) in [4.78, 5) is 4.28. The second-order valence-electron chi connectivity index (χ2n) is 4.51. The van der Waals surface area contributed by atoms with Crippen LogP contribution < -0.4 is 5.32 Å². The summed E-state index contributed by atoms with van der Waals surface area (Å²) in [5.74, 6) is -0.336. The third-order valence-corrected chi connectivity index (χ3v) is 3.39. The summed E-state index contributed by atoms with van der Waals surface area (Å²) < 4.78 is 13.0. The van der Waals surface area contributed by atoms with E-state index in [1.165, 1.54) is 12.1 Å². The molecule has 0 unspecified atom stereocenters. The highest BCUT2D eigenvalue weighted by Gasteiger charge is 2.02. The van der Waals surface area contributed by atoms with Crippen LogP contribution in [-0.4, -0.2) is 4.98 Å². The van der Waals surface area contributed by atoms with Gasteiger partial charge in [-0.25, -0.2) is 4.39 Å². The molecule has 0 amide bonds. The molecule has 2 aromatic carbocycles. The average molecular weight is 287 g/mol. The molecular weight excluding hydrogens is 275 g/mol. The number of nitrogens with zero attached hydrogens (tertiary/aromatic N) is 1. The third kappa shape index (κ3) is 2.73. The maximum Gasteiger partial charge on any atom is 0.124 e. The molecule has 0 fully saturated rings. The van der Waals surface area contributed by atoms with Gasteiger partial charge < -0.3 is 5.32 Å². The summed E-state index contributed by atoms with van der Waals surface area (Å²) in [6.45, 7) is 0.621. The zero-order chi connectivity index (χ0) is 13.9. The number of halogens is 2. The highest BCUT2D eigenvalue weighted by Crippen LogP contribution is 2.23. The molecule has 0 bridgehead atoms. The Bertz CT molecular complexity index is 758. The molecule has 1 aromatic heterocycles. The number of benzene rings is 2. The van der Waals surface area contributed by atoms with Gasteiger partial charge in [-0.1, -0.05) is 23.7 Å². The lowest BCUT2D eigenvalue weighted by Gasteiger charge is -2.09. The molecule has 1 N–H and O–H groups in total. The summed E-state index contributed by atoms with van der Waals surface area (Å²) in [5.41, 5.74) is 2.81. The molecule has 0 radical (unpaired) electrons. The Morgan fingerprint density at radius 2 is 2.00 bits per heavy atom. The molecule has 0 aliphatic carbocycles. The van der Waals surface area contributed by atoms with Crippen molar-refractivity contribution in [3.8, 4) is 0 Å². The van der Waals surface area contributed by atoms with Crippen LogP contribution in [0.25, 0.3) is 10.9 Å². The van der Waals surface area contributed by atoms with Crippen LogP contribution in [0, 0.1) is 5.82 Å². The van der Waals surface area contributed by atoms with E-state index >= 15 is 0 Å². The molecule has 0 atom stereocenters. The second kappa shape index (κ2) is 5.47. The van der Waals surface area contributed by atoms with Crippen molar-refractivity contribution in [2.45, 2.75) is 6.54 Å². The fourth-order valence-corrected chi connectivity index (χ4v) is 2.30. The van der Waals surface area contributed by atoms with Gasteiger partial charge in [-0.3, -0.25) is 4.98 Å². The minimum Gasteiger partial charge on any atom is -0.380 e. The number of rotatable bonds is 3. The van der Waals surface area contributed by atoms with E-state index in [2.05, 4.69) is 16.4 Å². The Labute approximate surface area is 121 Å². The third-order valence-electron chi connectivity index (χ3n) is 3.08. The number of aromatic nitrogens is 1. The smallest absolute Gasteiger partial charge is 0.124 e. The van der Waals surface area contributed by atoms with Gasteiger partial charge in [0, 0.05) is 18.1 Å². The average Bonchev–Trinajstić information content (AvgIpc) is 2.46. The Kier molecular flexibility index (Phi) is 3.52. The van der Waals surface area contributed by atoms with Gasteiger partial charge >= 0.3 is 0 Å². The van der Waals surface area contributed by atoms with Crippen LogP contribution in [0.15, 0.2) is 54.7 Å². The van der Waals surface area contributed by atoms with E-state index in [-0.39, 0.29) is 5.82 Å². The van der Waals surface area contributed by atoms with Crippen LogP contribution in [0.3, 0.4) is 0 Å². The number of fused-ring (bicyclic) bond motifs is 1. The second-order valence-corrected chi connectivity index (χ2v) is 4.92. The monoisotopic (exact) mass is 286 g/mol. The molecular formula is C16H12ClFN2. The van der Waals surface area contributed by atoms with Gasteiger partial charge in [-0.15, -0.1) is 0 Å². The lowest BCUT2D eigenvalue weighted by Crippen LogP contribution is -2.00. The van der Waals surface area contributed by atoms with Crippen LogP contribution in [0.4, 0.5) is 10.1 Å². The van der Waals surface area contributed by atoms with E-state index in [9.17, 15) is 4.39 Å². The minimum atomic E-state index is -0.336. The zero-order valence-electron chi connectivity index (χ0n) is 10.6. The summed E-state index contributed by atoms with van der Waals surface area (Å²) >= 11 is 5.98. The molecule has 4 heteroatoms. The largest absolute Gasteiger partial charge is 0.380 e. The van der Waals surface area contributed by atoms with E-state index < -0.39 is 0 Å². The van der Waals surface area contributed by atoms with Gasteiger partial charge in [0.05, 0.1) is 16.2 Å². The van der Waals surface area contributed by atoms with E-state index in [1.807, 2.05) is 24.3 Å². The van der Waals surface area contributed by atoms with Crippen LogP contribution in [-0.2, 0) is 6.54 Å². The quantitative estimate of drug-likeness (QED) is 0.759. The van der Waals surface area contributed by atoms with Gasteiger partial charge in [-0.05, 0) is 42.0 Å². The van der Waals surface area contributed by atoms with Crippen molar-refractivity contribution in [1.82, 2.24) is 4.98 Å². The molecule has 0 saturated carbocycles. The van der Waals surface area contributed by atoms with Crippen molar-refractivity contribution in [2.24, 2.45) is 0 Å². The first-order valence-electron chi connectivity index (χ1n) is 6.25. The standard InChI is InChI=1S/C16H12ClFN2/c17-14-9-13(18)4-6-16(14)20-10-11-3-5-15-12(8-11)2-1-7-19-15/h1-9,20H,10H2. The first-order valence-corrected chi connectivity index (χ1v) is 6.63. The molecule has 0 aliphatic heterocycles. The maximum absolute atomic E-state index is 13.0. The van der Waals surface area contributed by atoms with E-state index in [0.717, 1.165) is 22.2 Å². The van der Waals surface area contributed by atoms with Gasteiger partial charge in [0.25, 0.3) is 0 Å². The van der Waals surface area contributed by atoms with Gasteiger partial charge in [-0.2, -0.15) is 0 Å². The molecule has 0 saturated heterocycles. The van der Waals surface area contributed by atoms with Crippen molar-refractivity contribution in [2.75, 3.05) is 5.32 Å². The molecule has 100 valence electrons. The molecule has 1 heterocycles. The lowest BCUT2D eigenvalue weighted by molar-refractivity contribution is 0.628. The highest BCUT2D eigenvalue weighted by molar-refractivity contribution is 6.33. The van der Waals surface area contributed by atoms with Crippen LogP contribution >= 0.6 is 11.6 Å². The lowest BCUT2D eigenvalue weighted by atomic mass is 10.1. The minimum absolute atomic E-state index is 0.336. The Hall–Kier alpha value is -2.13. The molecule has 3 rings (SSSR count). The number of nitrogens with one attached hydrogen (secondary N) is 1. The summed E-state index contributed by atoms with van der Waals surface area (Å²) in [6.07, 6.45) is 1.78. The first-order chi connectivity index (χ1) is 9.72. The predicted octanol–water partition coefficient (Wildman–Crippen LogP) is 4.64. The van der Waals surface area contributed by atoms with Crippen LogP contribution in [0.1, 0.15) is 5.56 Å². The first kappa shape index (κ1) is 12.9. The van der Waals surface area contributed by atoms with Crippen LogP contribution in [0.5, 0.6) is 0 Å². The fraction of sp³-hybridized carbons (Fsp3) is 0.0625. The van der Waals surface area contributed by atoms with Crippen LogP contribution in [0.2, 0.25) is 5.02 Å². The number of hydrogen-bond donors (Lipinski definition) is 1. The van der Waals surface area contributed by atoms with Crippen molar-refractivity contribution >= 4 is 28.2 Å². The summed E-state index contributed by atoms with van der Waals surface area (Å²) in [7, 11) is 0. The Balaban J connectivity index is 1.79. The molecule has 0 spiro atoms. The Morgan fingerprint density at radius 3 is 2.85 bits per heavy atom. The molecule has 0 aliphatic rings. The van der Waals surface area contributed by atoms with Gasteiger partial charge in [0.15, 0.2) is 0 Å². The topological polar surface area (TPSA) is 24.9 Å². The summed E-state index contributed by atoms with van der Waals surface area (Å²) in [6, 6.07) is 14.3. The SMILES string of the molecule is Fc1ccc(NCc2ccc3ncccc3c2)c(Cl)c1. The molecule has 2 nitrogen and oxygen atoms in total. The number of anilines is 1. The summed E-state index contributed by atoms with van der Waals surface area (Å²) in [5, 5.41) is 4.68.